The van der Waals surface area contributed by atoms with E-state index in [-0.39, 0.29) is 28.3 Å². The summed E-state index contributed by atoms with van der Waals surface area (Å²) in [6.07, 6.45) is -1.97. The fourth-order valence-corrected chi connectivity index (χ4v) is 5.26. The molecule has 3 aromatic heterocycles. The number of rotatable bonds is 7. The number of halogens is 3. The van der Waals surface area contributed by atoms with Crippen LogP contribution < -0.4 is 16.1 Å². The zero-order valence-electron chi connectivity index (χ0n) is 21.9. The summed E-state index contributed by atoms with van der Waals surface area (Å²) in [4.78, 5) is 45.0. The summed E-state index contributed by atoms with van der Waals surface area (Å²) < 4.78 is 41.8. The first kappa shape index (κ1) is 28.5. The third kappa shape index (κ3) is 5.86. The summed E-state index contributed by atoms with van der Waals surface area (Å²) in [6.45, 7) is 2.33. The van der Waals surface area contributed by atoms with Gasteiger partial charge < -0.3 is 15.0 Å². The number of benzene rings is 2. The fraction of sp³-hybridized carbons (Fsp3) is 0.138. The number of aromatic nitrogens is 3. The normalized spacial score (nSPS) is 11.4. The topological polar surface area (TPSA) is 126 Å². The van der Waals surface area contributed by atoms with Crippen LogP contribution in [0, 0.1) is 0 Å². The molecule has 2 amide bonds. The first-order chi connectivity index (χ1) is 20.0. The molecule has 3 N–H and O–H groups in total. The minimum Gasteiger partial charge on any atom is -0.477 e. The van der Waals surface area contributed by atoms with Crippen LogP contribution >= 0.6 is 11.3 Å². The first-order valence-electron chi connectivity index (χ1n) is 12.6. The Kier molecular flexibility index (Phi) is 7.77. The van der Waals surface area contributed by atoms with Gasteiger partial charge >= 0.3 is 18.2 Å². The average Bonchev–Trinajstić information content (AvgIpc) is 3.46. The molecule has 9 nitrogen and oxygen atoms in total. The zero-order chi connectivity index (χ0) is 30.0. The van der Waals surface area contributed by atoms with Crippen molar-refractivity contribution in [3.8, 4) is 21.7 Å². The molecular weight excluding hydrogens is 571 g/mol. The Hall–Kier alpha value is -5.04. The SMILES string of the molecule is CCNC(=O)Nc1cc(-c2nc(C(F)(F)F)cs2)c(-c2ccc3c(=O)c(C(=O)O)cn(Cc4ccccc4)c3c2)cn1. The van der Waals surface area contributed by atoms with E-state index in [0.29, 0.717) is 23.2 Å². The molecule has 3 heterocycles. The number of urea groups is 1. The van der Waals surface area contributed by atoms with E-state index in [4.69, 9.17) is 0 Å². The van der Waals surface area contributed by atoms with E-state index in [0.717, 1.165) is 22.3 Å². The molecule has 0 bridgehead atoms. The number of anilines is 1. The molecule has 0 unspecified atom stereocenters. The molecule has 13 heteroatoms. The van der Waals surface area contributed by atoms with Crippen molar-refractivity contribution in [3.63, 3.8) is 0 Å². The van der Waals surface area contributed by atoms with Crippen LogP contribution in [0.4, 0.5) is 23.8 Å². The summed E-state index contributed by atoms with van der Waals surface area (Å²) in [6, 6.07) is 14.8. The molecule has 0 aliphatic heterocycles. The predicted molar refractivity (Wildman–Crippen MR) is 153 cm³/mol. The maximum absolute atomic E-state index is 13.4. The second kappa shape index (κ2) is 11.4. The lowest BCUT2D eigenvalue weighted by molar-refractivity contribution is -0.140. The third-order valence-corrected chi connectivity index (χ3v) is 7.20. The number of carbonyl (C=O) groups is 2. The van der Waals surface area contributed by atoms with Crippen LogP contribution in [-0.2, 0) is 12.7 Å². The number of fused-ring (bicyclic) bond motifs is 1. The number of hydrogen-bond donors (Lipinski definition) is 3. The van der Waals surface area contributed by atoms with Crippen molar-refractivity contribution in [2.45, 2.75) is 19.6 Å². The number of alkyl halides is 3. The Morgan fingerprint density at radius 1 is 1.07 bits per heavy atom. The first-order valence-corrected chi connectivity index (χ1v) is 13.5. The van der Waals surface area contributed by atoms with Gasteiger partial charge in [-0.15, -0.1) is 11.3 Å². The Balaban J connectivity index is 1.70. The number of aromatic carboxylic acids is 1. The second-order valence-electron chi connectivity index (χ2n) is 9.16. The van der Waals surface area contributed by atoms with Crippen LogP contribution in [-0.4, -0.2) is 38.2 Å². The monoisotopic (exact) mass is 593 g/mol. The van der Waals surface area contributed by atoms with Gasteiger partial charge in [-0.25, -0.2) is 19.6 Å². The number of nitrogens with one attached hydrogen (secondary N) is 2. The van der Waals surface area contributed by atoms with E-state index in [1.54, 1.807) is 23.6 Å². The van der Waals surface area contributed by atoms with Gasteiger partial charge in [0, 0.05) is 47.4 Å². The van der Waals surface area contributed by atoms with E-state index >= 15 is 0 Å². The van der Waals surface area contributed by atoms with Gasteiger partial charge in [-0.2, -0.15) is 13.2 Å². The molecule has 0 saturated heterocycles. The van der Waals surface area contributed by atoms with Gasteiger partial charge in [0.15, 0.2) is 5.69 Å². The molecule has 0 radical (unpaired) electrons. The van der Waals surface area contributed by atoms with Crippen molar-refractivity contribution in [1.82, 2.24) is 19.9 Å². The third-order valence-electron chi connectivity index (χ3n) is 6.33. The van der Waals surface area contributed by atoms with Crippen LogP contribution in [0.15, 0.2) is 77.2 Å². The fourth-order valence-electron chi connectivity index (χ4n) is 4.40. The molecule has 42 heavy (non-hydrogen) atoms. The standard InChI is InChI=1S/C29H22F3N5O4S/c1-2-33-28(41)36-24-11-19(26-35-23(15-42-26)29(30,31)32)20(12-34-24)17-8-9-18-22(10-17)37(13-16-6-4-3-5-7-16)14-21(25(18)38)27(39)40/h3-12,14-15H,2,13H2,1H3,(H,39,40)(H2,33,34,36,41). The smallest absolute Gasteiger partial charge is 0.434 e. The molecule has 0 atom stereocenters. The predicted octanol–water partition coefficient (Wildman–Crippen LogP) is 6.09. The van der Waals surface area contributed by atoms with E-state index in [9.17, 15) is 32.7 Å². The van der Waals surface area contributed by atoms with Gasteiger partial charge in [-0.05, 0) is 36.2 Å². The van der Waals surface area contributed by atoms with Gasteiger partial charge in [-0.3, -0.25) is 10.1 Å². The summed E-state index contributed by atoms with van der Waals surface area (Å²) >= 11 is 0.785. The number of nitrogens with zero attached hydrogens (tertiary/aromatic N) is 3. The summed E-state index contributed by atoms with van der Waals surface area (Å²) in [5.41, 5.74) is 0.312. The highest BCUT2D eigenvalue weighted by Gasteiger charge is 2.34. The zero-order valence-corrected chi connectivity index (χ0v) is 22.7. The van der Waals surface area contributed by atoms with Gasteiger partial charge in [-0.1, -0.05) is 36.4 Å². The number of carbonyl (C=O) groups excluding carboxylic acids is 1. The molecule has 5 aromatic rings. The van der Waals surface area contributed by atoms with Gasteiger partial charge in [0.25, 0.3) is 0 Å². The average molecular weight is 594 g/mol. The largest absolute Gasteiger partial charge is 0.477 e. The minimum atomic E-state index is -4.65. The quantitative estimate of drug-likeness (QED) is 0.210. The maximum Gasteiger partial charge on any atom is 0.434 e. The Morgan fingerprint density at radius 3 is 2.50 bits per heavy atom. The number of amides is 2. The molecule has 214 valence electrons. The van der Waals surface area contributed by atoms with Crippen molar-refractivity contribution in [3.05, 3.63) is 99.4 Å². The summed E-state index contributed by atoms with van der Waals surface area (Å²) in [5, 5.41) is 15.9. The number of carboxylic acid groups (broad SMARTS) is 1. The van der Waals surface area contributed by atoms with Crippen LogP contribution in [0.25, 0.3) is 32.6 Å². The van der Waals surface area contributed by atoms with Crippen LogP contribution in [0.2, 0.25) is 0 Å². The molecule has 0 saturated carbocycles. The number of hydrogen-bond acceptors (Lipinski definition) is 6. The van der Waals surface area contributed by atoms with Crippen molar-refractivity contribution >= 4 is 40.1 Å². The number of pyridine rings is 2. The van der Waals surface area contributed by atoms with Crippen LogP contribution in [0.3, 0.4) is 0 Å². The van der Waals surface area contributed by atoms with Crippen molar-refractivity contribution in [2.75, 3.05) is 11.9 Å². The highest BCUT2D eigenvalue weighted by molar-refractivity contribution is 7.13. The van der Waals surface area contributed by atoms with Gasteiger partial charge in [0.2, 0.25) is 5.43 Å². The van der Waals surface area contributed by atoms with Crippen molar-refractivity contribution in [2.24, 2.45) is 0 Å². The second-order valence-corrected chi connectivity index (χ2v) is 10.0. The van der Waals surface area contributed by atoms with Crippen molar-refractivity contribution < 1.29 is 27.9 Å². The molecule has 2 aromatic carbocycles. The molecule has 0 spiro atoms. The summed E-state index contributed by atoms with van der Waals surface area (Å²) in [7, 11) is 0. The highest BCUT2D eigenvalue weighted by Crippen LogP contribution is 2.39. The van der Waals surface area contributed by atoms with E-state index in [2.05, 4.69) is 20.6 Å². The van der Waals surface area contributed by atoms with E-state index < -0.39 is 34.9 Å². The Morgan fingerprint density at radius 2 is 1.83 bits per heavy atom. The number of carboxylic acids is 1. The van der Waals surface area contributed by atoms with Crippen molar-refractivity contribution in [1.29, 1.82) is 0 Å². The van der Waals surface area contributed by atoms with E-state index in [1.165, 1.54) is 24.5 Å². The number of thiazole rings is 1. The van der Waals surface area contributed by atoms with Gasteiger partial charge in [0.1, 0.15) is 16.4 Å². The molecule has 5 rings (SSSR count). The lowest BCUT2D eigenvalue weighted by Crippen LogP contribution is -2.28. The Labute approximate surface area is 240 Å². The highest BCUT2D eigenvalue weighted by atomic mass is 32.1. The minimum absolute atomic E-state index is 0.0432. The van der Waals surface area contributed by atoms with Gasteiger partial charge in [0.05, 0.1) is 5.52 Å². The maximum atomic E-state index is 13.4. The van der Waals surface area contributed by atoms with Crippen LogP contribution in [0.1, 0.15) is 28.5 Å². The molecule has 0 aliphatic carbocycles. The Bertz CT molecular complexity index is 1870. The molecule has 0 aliphatic rings. The molecule has 0 fully saturated rings. The van der Waals surface area contributed by atoms with Crippen LogP contribution in [0.5, 0.6) is 0 Å². The lowest BCUT2D eigenvalue weighted by atomic mass is 9.99. The lowest BCUT2D eigenvalue weighted by Gasteiger charge is -2.15. The summed E-state index contributed by atoms with van der Waals surface area (Å²) in [5.74, 6) is -1.27. The molecular formula is C29H22F3N5O4S. The van der Waals surface area contributed by atoms with E-state index in [1.807, 2.05) is 30.3 Å².